The van der Waals surface area contributed by atoms with E-state index in [1.54, 1.807) is 0 Å². The molecule has 0 bridgehead atoms. The minimum Gasteiger partial charge on any atom is -0.462 e. The lowest BCUT2D eigenvalue weighted by atomic mass is 10.0. The van der Waals surface area contributed by atoms with Gasteiger partial charge in [0.1, 0.15) is 13.2 Å². The smallest absolute Gasteiger partial charge is 0.306 e. The van der Waals surface area contributed by atoms with Gasteiger partial charge in [-0.1, -0.05) is 265 Å². The summed E-state index contributed by atoms with van der Waals surface area (Å²) in [6.45, 7) is 6.46. The summed E-state index contributed by atoms with van der Waals surface area (Å²) >= 11 is 0. The first-order chi connectivity index (χ1) is 37.5. The maximum atomic E-state index is 12.9. The van der Waals surface area contributed by atoms with Crippen molar-refractivity contribution in [1.82, 2.24) is 0 Å². The van der Waals surface area contributed by atoms with Crippen molar-refractivity contribution in [2.45, 2.75) is 303 Å². The normalized spacial score (nSPS) is 12.8. The summed E-state index contributed by atoms with van der Waals surface area (Å²) in [5, 5.41) is 0. The molecule has 76 heavy (non-hydrogen) atoms. The van der Waals surface area contributed by atoms with Crippen molar-refractivity contribution >= 4 is 17.9 Å². The second-order valence-corrected chi connectivity index (χ2v) is 20.9. The van der Waals surface area contributed by atoms with Gasteiger partial charge in [-0.15, -0.1) is 0 Å². The van der Waals surface area contributed by atoms with Crippen LogP contribution in [-0.2, 0) is 28.6 Å². The summed E-state index contributed by atoms with van der Waals surface area (Å²) < 4.78 is 16.9. The Kier molecular flexibility index (Phi) is 60.3. The number of hydrogen-bond acceptors (Lipinski definition) is 6. The van der Waals surface area contributed by atoms with Crippen molar-refractivity contribution in [3.63, 3.8) is 0 Å². The minimum absolute atomic E-state index is 0.0875. The first-order valence-electron chi connectivity index (χ1n) is 31.9. The van der Waals surface area contributed by atoms with E-state index in [9.17, 15) is 14.4 Å². The molecular weight excluding hydrogens is 937 g/mol. The third-order valence-electron chi connectivity index (χ3n) is 13.5. The van der Waals surface area contributed by atoms with Crippen LogP contribution in [0.5, 0.6) is 0 Å². The van der Waals surface area contributed by atoms with Crippen LogP contribution in [0.3, 0.4) is 0 Å². The van der Waals surface area contributed by atoms with Crippen molar-refractivity contribution in [1.29, 1.82) is 0 Å². The van der Waals surface area contributed by atoms with Gasteiger partial charge < -0.3 is 14.2 Å². The lowest BCUT2D eigenvalue weighted by Gasteiger charge is -2.18. The molecule has 0 heterocycles. The number of carbonyl (C=O) groups is 3. The second-order valence-electron chi connectivity index (χ2n) is 20.9. The highest BCUT2D eigenvalue weighted by Crippen LogP contribution is 2.16. The maximum absolute atomic E-state index is 12.9. The summed E-state index contributed by atoms with van der Waals surface area (Å²) in [5.41, 5.74) is 0. The molecule has 0 radical (unpaired) electrons. The fourth-order valence-electron chi connectivity index (χ4n) is 8.69. The van der Waals surface area contributed by atoms with Crippen molar-refractivity contribution < 1.29 is 28.6 Å². The molecule has 0 rings (SSSR count). The van der Waals surface area contributed by atoms with E-state index in [1.807, 2.05) is 0 Å². The SMILES string of the molecule is CC/C=C\C/C=C\C/C=C\C/C=C\C/C=C\CCCCCCCCCCCCCC(=O)OCC(COC(=O)CCCCCCC/C=C\C/C=C\CCCC)OC(=O)CCCCCCCCC/C=C\C/C=C\CCCCC. The molecule has 0 aromatic heterocycles. The average Bonchev–Trinajstić information content (AvgIpc) is 3.42. The van der Waals surface area contributed by atoms with Crippen LogP contribution >= 0.6 is 0 Å². The Balaban J connectivity index is 4.33. The molecule has 0 amide bonds. The molecule has 0 aliphatic heterocycles. The quantitative estimate of drug-likeness (QED) is 0.0261. The Morgan fingerprint density at radius 3 is 0.842 bits per heavy atom. The second kappa shape index (κ2) is 63.6. The maximum Gasteiger partial charge on any atom is 0.306 e. The van der Waals surface area contributed by atoms with E-state index in [-0.39, 0.29) is 31.1 Å². The van der Waals surface area contributed by atoms with E-state index in [2.05, 4.69) is 130 Å². The molecule has 434 valence electrons. The van der Waals surface area contributed by atoms with E-state index in [0.717, 1.165) is 128 Å². The number of rotatable bonds is 57. The van der Waals surface area contributed by atoms with Crippen molar-refractivity contribution in [2.75, 3.05) is 13.2 Å². The molecule has 6 nitrogen and oxygen atoms in total. The predicted molar refractivity (Wildman–Crippen MR) is 330 cm³/mol. The predicted octanol–water partition coefficient (Wildman–Crippen LogP) is 21.8. The largest absolute Gasteiger partial charge is 0.462 e. The van der Waals surface area contributed by atoms with Crippen molar-refractivity contribution in [3.05, 3.63) is 109 Å². The minimum atomic E-state index is -0.792. The molecule has 1 unspecified atom stereocenters. The molecule has 0 aliphatic rings. The van der Waals surface area contributed by atoms with Crippen molar-refractivity contribution in [3.8, 4) is 0 Å². The molecule has 0 aliphatic carbocycles. The number of carbonyl (C=O) groups excluding carboxylic acids is 3. The van der Waals surface area contributed by atoms with Gasteiger partial charge in [0.25, 0.3) is 0 Å². The van der Waals surface area contributed by atoms with Gasteiger partial charge in [-0.2, -0.15) is 0 Å². The van der Waals surface area contributed by atoms with Gasteiger partial charge in [0.2, 0.25) is 0 Å². The van der Waals surface area contributed by atoms with Crippen LogP contribution < -0.4 is 0 Å². The molecule has 0 aromatic carbocycles. The Hall–Kier alpha value is -3.93. The van der Waals surface area contributed by atoms with Crippen LogP contribution in [-0.4, -0.2) is 37.2 Å². The van der Waals surface area contributed by atoms with Gasteiger partial charge >= 0.3 is 17.9 Å². The molecule has 0 N–H and O–H groups in total. The molecule has 6 heteroatoms. The Morgan fingerprint density at radius 2 is 0.526 bits per heavy atom. The topological polar surface area (TPSA) is 78.9 Å². The fourth-order valence-corrected chi connectivity index (χ4v) is 8.69. The molecule has 1 atom stereocenters. The Labute approximate surface area is 470 Å². The highest BCUT2D eigenvalue weighted by molar-refractivity contribution is 5.71. The number of esters is 3. The Bertz CT molecular complexity index is 1540. The van der Waals surface area contributed by atoms with Gasteiger partial charge in [-0.3, -0.25) is 14.4 Å². The third kappa shape index (κ3) is 60.9. The van der Waals surface area contributed by atoms with Gasteiger partial charge in [0, 0.05) is 19.3 Å². The molecule has 0 saturated carbocycles. The Morgan fingerprint density at radius 1 is 0.276 bits per heavy atom. The number of hydrogen-bond donors (Lipinski definition) is 0. The first-order valence-corrected chi connectivity index (χ1v) is 31.9. The van der Waals surface area contributed by atoms with E-state index in [0.29, 0.717) is 19.3 Å². The summed E-state index contributed by atoms with van der Waals surface area (Å²) in [6.07, 6.45) is 86.6. The van der Waals surface area contributed by atoms with E-state index < -0.39 is 6.10 Å². The third-order valence-corrected chi connectivity index (χ3v) is 13.5. The molecule has 0 aromatic rings. The number of unbranched alkanes of at least 4 members (excludes halogenated alkanes) is 28. The summed E-state index contributed by atoms with van der Waals surface area (Å²) in [6, 6.07) is 0. The van der Waals surface area contributed by atoms with Crippen LogP contribution in [0.1, 0.15) is 297 Å². The van der Waals surface area contributed by atoms with Crippen LogP contribution in [0.4, 0.5) is 0 Å². The monoisotopic (exact) mass is 1050 g/mol. The van der Waals surface area contributed by atoms with Crippen LogP contribution in [0.2, 0.25) is 0 Å². The standard InChI is InChI=1S/C70H118O6/c1-4-7-10-13-16-19-22-25-28-30-31-32-33-34-35-36-37-38-39-41-42-45-48-51-54-57-60-63-69(72)75-66-67(65-74-68(71)62-59-56-53-50-47-44-27-24-21-18-15-12-9-6-3)76-70(73)64-61-58-55-52-49-46-43-40-29-26-23-20-17-14-11-8-5-2/h7,10,15-20,24-29,31-32,34-35,67H,4-6,8-9,11-14,21-23,30,33,36-66H2,1-3H3/b10-7-,18-15-,19-16-,20-17-,27-24-,28-25-,29-26-,32-31-,35-34-. The molecule has 0 spiro atoms. The van der Waals surface area contributed by atoms with Crippen LogP contribution in [0.25, 0.3) is 0 Å². The fraction of sp³-hybridized carbons (Fsp3) is 0.700. The zero-order valence-corrected chi connectivity index (χ0v) is 49.7. The highest BCUT2D eigenvalue weighted by atomic mass is 16.6. The molecule has 0 fully saturated rings. The number of ether oxygens (including phenoxy) is 3. The first kappa shape index (κ1) is 72.1. The zero-order valence-electron chi connectivity index (χ0n) is 49.7. The number of allylic oxidation sites excluding steroid dienone is 18. The summed E-state index contributed by atoms with van der Waals surface area (Å²) in [4.78, 5) is 38.3. The van der Waals surface area contributed by atoms with Crippen LogP contribution in [0.15, 0.2) is 109 Å². The average molecular weight is 1060 g/mol. The lowest BCUT2D eigenvalue weighted by Crippen LogP contribution is -2.30. The summed E-state index contributed by atoms with van der Waals surface area (Å²) in [5.74, 6) is -0.906. The zero-order chi connectivity index (χ0) is 55.0. The van der Waals surface area contributed by atoms with Gasteiger partial charge in [-0.25, -0.2) is 0 Å². The lowest BCUT2D eigenvalue weighted by molar-refractivity contribution is -0.167. The van der Waals surface area contributed by atoms with Gasteiger partial charge in [0.15, 0.2) is 6.10 Å². The van der Waals surface area contributed by atoms with E-state index in [4.69, 9.17) is 14.2 Å². The van der Waals surface area contributed by atoms with E-state index >= 15 is 0 Å². The highest BCUT2D eigenvalue weighted by Gasteiger charge is 2.19. The van der Waals surface area contributed by atoms with Gasteiger partial charge in [-0.05, 0) is 122 Å². The molecule has 0 saturated heterocycles. The van der Waals surface area contributed by atoms with Crippen LogP contribution in [0, 0.1) is 0 Å². The van der Waals surface area contributed by atoms with Crippen molar-refractivity contribution in [2.24, 2.45) is 0 Å². The summed E-state index contributed by atoms with van der Waals surface area (Å²) in [7, 11) is 0. The molecular formula is C70H118O6. The van der Waals surface area contributed by atoms with Gasteiger partial charge in [0.05, 0.1) is 0 Å². The van der Waals surface area contributed by atoms with E-state index in [1.165, 1.54) is 128 Å².